The van der Waals surface area contributed by atoms with Crippen molar-refractivity contribution in [1.29, 1.82) is 0 Å². The molecule has 0 unspecified atom stereocenters. The third-order valence-corrected chi connectivity index (χ3v) is 2.01. The lowest BCUT2D eigenvalue weighted by molar-refractivity contribution is 0.0526. The summed E-state index contributed by atoms with van der Waals surface area (Å²) < 4.78 is 15.5. The summed E-state index contributed by atoms with van der Waals surface area (Å²) in [6.07, 6.45) is -0.907. The average molecular weight is 228 g/mol. The fourth-order valence-corrected chi connectivity index (χ4v) is 1.21. The summed E-state index contributed by atoms with van der Waals surface area (Å²) in [6, 6.07) is 5.20. The second-order valence-corrected chi connectivity index (χ2v) is 3.14. The van der Waals surface area contributed by atoms with Gasteiger partial charge in [-0.1, -0.05) is 6.07 Å². The molecule has 5 nitrogen and oxygen atoms in total. The van der Waals surface area contributed by atoms with E-state index >= 15 is 0 Å². The van der Waals surface area contributed by atoms with Gasteiger partial charge < -0.3 is 24.4 Å². The van der Waals surface area contributed by atoms with E-state index in [9.17, 15) is 0 Å². The van der Waals surface area contributed by atoms with Crippen molar-refractivity contribution in [3.05, 3.63) is 18.2 Å². The number of rotatable bonds is 6. The van der Waals surface area contributed by atoms with Crippen LogP contribution in [0.5, 0.6) is 17.2 Å². The molecular formula is C11H16O5. The largest absolute Gasteiger partial charge is 0.493 e. The second kappa shape index (κ2) is 6.19. The SMILES string of the molecule is COc1cccc(OC[C@@H](O)CO)c1OC. The van der Waals surface area contributed by atoms with E-state index in [1.807, 2.05) is 0 Å². The standard InChI is InChI=1S/C11H16O5/c1-14-9-4-3-5-10(11(9)15-2)16-7-8(13)6-12/h3-5,8,12-13H,6-7H2,1-2H3/t8-/m0/s1. The van der Waals surface area contributed by atoms with E-state index in [4.69, 9.17) is 24.4 Å². The van der Waals surface area contributed by atoms with Crippen LogP contribution in [0.3, 0.4) is 0 Å². The molecule has 5 heteroatoms. The van der Waals surface area contributed by atoms with Crippen LogP contribution in [-0.4, -0.2) is 43.8 Å². The van der Waals surface area contributed by atoms with Crippen LogP contribution < -0.4 is 14.2 Å². The molecule has 0 saturated heterocycles. The van der Waals surface area contributed by atoms with Crippen molar-refractivity contribution in [2.75, 3.05) is 27.4 Å². The fourth-order valence-electron chi connectivity index (χ4n) is 1.21. The van der Waals surface area contributed by atoms with Crippen LogP contribution in [0, 0.1) is 0 Å². The maximum Gasteiger partial charge on any atom is 0.203 e. The summed E-state index contributed by atoms with van der Waals surface area (Å²) in [4.78, 5) is 0. The van der Waals surface area contributed by atoms with Crippen LogP contribution in [-0.2, 0) is 0 Å². The van der Waals surface area contributed by atoms with Crippen LogP contribution in [0.4, 0.5) is 0 Å². The minimum absolute atomic E-state index is 0.0000274. The van der Waals surface area contributed by atoms with Crippen LogP contribution in [0.2, 0.25) is 0 Å². The molecule has 0 amide bonds. The molecule has 0 aliphatic carbocycles. The van der Waals surface area contributed by atoms with E-state index in [1.165, 1.54) is 14.2 Å². The molecule has 0 aliphatic heterocycles. The first kappa shape index (κ1) is 12.6. The van der Waals surface area contributed by atoms with E-state index in [0.717, 1.165) is 0 Å². The molecular weight excluding hydrogens is 212 g/mol. The Kier molecular flexibility index (Phi) is 4.88. The van der Waals surface area contributed by atoms with E-state index in [0.29, 0.717) is 17.2 Å². The highest BCUT2D eigenvalue weighted by Crippen LogP contribution is 2.36. The number of aliphatic hydroxyl groups excluding tert-OH is 2. The minimum Gasteiger partial charge on any atom is -0.493 e. The van der Waals surface area contributed by atoms with Gasteiger partial charge in [-0.25, -0.2) is 0 Å². The molecule has 2 N–H and O–H groups in total. The summed E-state index contributed by atoms with van der Waals surface area (Å²) in [5.74, 6) is 1.49. The summed E-state index contributed by atoms with van der Waals surface area (Å²) in [6.45, 7) is -0.341. The molecule has 1 aromatic carbocycles. The maximum atomic E-state index is 9.16. The first-order valence-corrected chi connectivity index (χ1v) is 4.85. The normalized spacial score (nSPS) is 12.0. The lowest BCUT2D eigenvalue weighted by Crippen LogP contribution is -2.21. The molecule has 0 saturated carbocycles. The lowest BCUT2D eigenvalue weighted by atomic mass is 10.3. The zero-order chi connectivity index (χ0) is 12.0. The number of benzene rings is 1. The lowest BCUT2D eigenvalue weighted by Gasteiger charge is -2.14. The van der Waals surface area contributed by atoms with Gasteiger partial charge in [0.25, 0.3) is 0 Å². The predicted molar refractivity (Wildman–Crippen MR) is 58.1 cm³/mol. The number of methoxy groups -OCH3 is 2. The third kappa shape index (κ3) is 3.01. The Balaban J connectivity index is 2.78. The molecule has 1 aromatic rings. The van der Waals surface area contributed by atoms with Gasteiger partial charge in [0.15, 0.2) is 11.5 Å². The molecule has 1 rings (SSSR count). The van der Waals surface area contributed by atoms with E-state index in [2.05, 4.69) is 0 Å². The van der Waals surface area contributed by atoms with Crippen molar-refractivity contribution in [2.24, 2.45) is 0 Å². The summed E-state index contributed by atoms with van der Waals surface area (Å²) in [5, 5.41) is 17.8. The van der Waals surface area contributed by atoms with Crippen molar-refractivity contribution >= 4 is 0 Å². The van der Waals surface area contributed by atoms with Crippen LogP contribution in [0.15, 0.2) is 18.2 Å². The topological polar surface area (TPSA) is 68.2 Å². The molecule has 0 radical (unpaired) electrons. The van der Waals surface area contributed by atoms with Crippen LogP contribution in [0.1, 0.15) is 0 Å². The van der Waals surface area contributed by atoms with Gasteiger partial charge in [0.2, 0.25) is 5.75 Å². The second-order valence-electron chi connectivity index (χ2n) is 3.14. The molecule has 1 atom stereocenters. The number of aliphatic hydroxyl groups is 2. The Morgan fingerprint density at radius 2 is 1.88 bits per heavy atom. The first-order chi connectivity index (χ1) is 7.72. The number of para-hydroxylation sites is 1. The maximum absolute atomic E-state index is 9.16. The third-order valence-electron chi connectivity index (χ3n) is 2.01. The quantitative estimate of drug-likeness (QED) is 0.739. The highest BCUT2D eigenvalue weighted by Gasteiger charge is 2.12. The van der Waals surface area contributed by atoms with Crippen molar-refractivity contribution in [3.8, 4) is 17.2 Å². The predicted octanol–water partition coefficient (Wildman–Crippen LogP) is 0.436. The molecule has 0 spiro atoms. The summed E-state index contributed by atoms with van der Waals surface area (Å²) in [5.41, 5.74) is 0. The minimum atomic E-state index is -0.907. The summed E-state index contributed by atoms with van der Waals surface area (Å²) in [7, 11) is 3.04. The molecule has 90 valence electrons. The Morgan fingerprint density at radius 1 is 1.19 bits per heavy atom. The van der Waals surface area contributed by atoms with Crippen LogP contribution >= 0.6 is 0 Å². The van der Waals surface area contributed by atoms with Gasteiger partial charge in [0, 0.05) is 0 Å². The van der Waals surface area contributed by atoms with Crippen molar-refractivity contribution in [1.82, 2.24) is 0 Å². The fraction of sp³-hybridized carbons (Fsp3) is 0.455. The van der Waals surface area contributed by atoms with Crippen LogP contribution in [0.25, 0.3) is 0 Å². The van der Waals surface area contributed by atoms with Crippen molar-refractivity contribution in [3.63, 3.8) is 0 Å². The Morgan fingerprint density at radius 3 is 2.44 bits per heavy atom. The van der Waals surface area contributed by atoms with Gasteiger partial charge in [0.1, 0.15) is 12.7 Å². The Bertz CT molecular complexity index is 326. The number of ether oxygens (including phenoxy) is 3. The van der Waals surface area contributed by atoms with E-state index in [1.54, 1.807) is 18.2 Å². The Labute approximate surface area is 94.2 Å². The van der Waals surface area contributed by atoms with Gasteiger partial charge in [0.05, 0.1) is 20.8 Å². The zero-order valence-corrected chi connectivity index (χ0v) is 9.34. The molecule has 0 aromatic heterocycles. The molecule has 0 aliphatic rings. The van der Waals surface area contributed by atoms with Gasteiger partial charge in [-0.3, -0.25) is 0 Å². The van der Waals surface area contributed by atoms with Crippen molar-refractivity contribution < 1.29 is 24.4 Å². The highest BCUT2D eigenvalue weighted by atomic mass is 16.5. The highest BCUT2D eigenvalue weighted by molar-refractivity contribution is 5.50. The van der Waals surface area contributed by atoms with Gasteiger partial charge in [-0.15, -0.1) is 0 Å². The van der Waals surface area contributed by atoms with E-state index < -0.39 is 6.10 Å². The first-order valence-electron chi connectivity index (χ1n) is 4.85. The van der Waals surface area contributed by atoms with E-state index in [-0.39, 0.29) is 13.2 Å². The molecule has 16 heavy (non-hydrogen) atoms. The average Bonchev–Trinajstić information content (AvgIpc) is 2.34. The van der Waals surface area contributed by atoms with Gasteiger partial charge >= 0.3 is 0 Å². The molecule has 0 heterocycles. The summed E-state index contributed by atoms with van der Waals surface area (Å²) >= 11 is 0. The number of hydrogen-bond donors (Lipinski definition) is 2. The Hall–Kier alpha value is -1.46. The van der Waals surface area contributed by atoms with Gasteiger partial charge in [-0.2, -0.15) is 0 Å². The monoisotopic (exact) mass is 228 g/mol. The zero-order valence-electron chi connectivity index (χ0n) is 9.34. The molecule has 0 fully saturated rings. The smallest absolute Gasteiger partial charge is 0.203 e. The number of hydrogen-bond acceptors (Lipinski definition) is 5. The molecule has 0 bridgehead atoms. The van der Waals surface area contributed by atoms with Crippen molar-refractivity contribution in [2.45, 2.75) is 6.10 Å². The van der Waals surface area contributed by atoms with Gasteiger partial charge in [-0.05, 0) is 12.1 Å².